The number of likely N-dealkylation sites (N-methyl/N-ethyl adjacent to an activating group) is 1. The van der Waals surface area contributed by atoms with Gasteiger partial charge in [0.05, 0.1) is 0 Å². The van der Waals surface area contributed by atoms with Gasteiger partial charge in [-0.15, -0.1) is 0 Å². The second-order valence-corrected chi connectivity index (χ2v) is 4.48. The van der Waals surface area contributed by atoms with Gasteiger partial charge in [0.1, 0.15) is 5.82 Å². The van der Waals surface area contributed by atoms with Crippen LogP contribution in [0.5, 0.6) is 0 Å². The minimum Gasteiger partial charge on any atom is -0.337 e. The van der Waals surface area contributed by atoms with Crippen LogP contribution in [0, 0.1) is 5.82 Å². The molecule has 1 aromatic carbocycles. The van der Waals surface area contributed by atoms with Crippen molar-refractivity contribution in [2.24, 2.45) is 0 Å². The molecule has 1 amide bonds. The first-order valence-corrected chi connectivity index (χ1v) is 6.07. The summed E-state index contributed by atoms with van der Waals surface area (Å²) in [5.74, 6) is -0.355. The van der Waals surface area contributed by atoms with Crippen LogP contribution in [0.4, 0.5) is 4.39 Å². The standard InChI is InChI=1S/C14H17FN2O/c1-16-8-10-17(11-9-16)14(18)7-6-12-4-2-3-5-13(12)15/h2-7H,8-11H2,1H3. The topological polar surface area (TPSA) is 23.6 Å². The Kier molecular flexibility index (Phi) is 4.10. The molecule has 0 spiro atoms. The van der Waals surface area contributed by atoms with Gasteiger partial charge in [0.15, 0.2) is 0 Å². The van der Waals surface area contributed by atoms with Gasteiger partial charge in [0.2, 0.25) is 5.91 Å². The third-order valence-electron chi connectivity index (χ3n) is 3.13. The summed E-state index contributed by atoms with van der Waals surface area (Å²) in [6.45, 7) is 3.24. The van der Waals surface area contributed by atoms with Gasteiger partial charge in [-0.3, -0.25) is 4.79 Å². The summed E-state index contributed by atoms with van der Waals surface area (Å²) in [4.78, 5) is 15.9. The van der Waals surface area contributed by atoms with Gasteiger partial charge in [0.25, 0.3) is 0 Å². The quantitative estimate of drug-likeness (QED) is 0.742. The predicted octanol–water partition coefficient (Wildman–Crippen LogP) is 1.61. The second-order valence-electron chi connectivity index (χ2n) is 4.48. The minimum atomic E-state index is -0.306. The third-order valence-corrected chi connectivity index (χ3v) is 3.13. The summed E-state index contributed by atoms with van der Waals surface area (Å²) in [5, 5.41) is 0. The van der Waals surface area contributed by atoms with Gasteiger partial charge >= 0.3 is 0 Å². The maximum atomic E-state index is 13.4. The number of rotatable bonds is 2. The highest BCUT2D eigenvalue weighted by molar-refractivity contribution is 5.91. The van der Waals surface area contributed by atoms with Crippen LogP contribution in [0.25, 0.3) is 6.08 Å². The third kappa shape index (κ3) is 3.17. The second kappa shape index (κ2) is 5.78. The lowest BCUT2D eigenvalue weighted by molar-refractivity contribution is -0.127. The number of hydrogen-bond donors (Lipinski definition) is 0. The summed E-state index contributed by atoms with van der Waals surface area (Å²) in [5.41, 5.74) is 0.444. The monoisotopic (exact) mass is 248 g/mol. The Hall–Kier alpha value is -1.68. The molecule has 0 bridgehead atoms. The molecule has 0 saturated carbocycles. The molecule has 2 rings (SSSR count). The Morgan fingerprint density at radius 3 is 2.56 bits per heavy atom. The number of halogens is 1. The highest BCUT2D eigenvalue weighted by Crippen LogP contribution is 2.09. The van der Waals surface area contributed by atoms with E-state index in [1.54, 1.807) is 23.1 Å². The smallest absolute Gasteiger partial charge is 0.246 e. The van der Waals surface area contributed by atoms with E-state index < -0.39 is 0 Å². The maximum Gasteiger partial charge on any atom is 0.246 e. The highest BCUT2D eigenvalue weighted by atomic mass is 19.1. The van der Waals surface area contributed by atoms with Crippen molar-refractivity contribution in [3.05, 3.63) is 41.7 Å². The van der Waals surface area contributed by atoms with E-state index in [0.717, 1.165) is 26.2 Å². The number of benzene rings is 1. The Morgan fingerprint density at radius 2 is 1.89 bits per heavy atom. The molecule has 0 aromatic heterocycles. The minimum absolute atomic E-state index is 0.0497. The molecule has 0 N–H and O–H groups in total. The Balaban J connectivity index is 1.97. The fourth-order valence-corrected chi connectivity index (χ4v) is 1.90. The van der Waals surface area contributed by atoms with Crippen molar-refractivity contribution < 1.29 is 9.18 Å². The fraction of sp³-hybridized carbons (Fsp3) is 0.357. The number of amides is 1. The van der Waals surface area contributed by atoms with Crippen molar-refractivity contribution in [1.29, 1.82) is 0 Å². The lowest BCUT2D eigenvalue weighted by Gasteiger charge is -2.31. The number of piperazine rings is 1. The molecule has 18 heavy (non-hydrogen) atoms. The van der Waals surface area contributed by atoms with Gasteiger partial charge in [0, 0.05) is 37.8 Å². The molecule has 0 atom stereocenters. The zero-order valence-electron chi connectivity index (χ0n) is 10.5. The van der Waals surface area contributed by atoms with Crippen molar-refractivity contribution in [3.63, 3.8) is 0 Å². The zero-order chi connectivity index (χ0) is 13.0. The molecule has 1 aliphatic rings. The predicted molar refractivity (Wildman–Crippen MR) is 69.5 cm³/mol. The number of carbonyl (C=O) groups excluding carboxylic acids is 1. The van der Waals surface area contributed by atoms with Crippen molar-refractivity contribution in [1.82, 2.24) is 9.80 Å². The van der Waals surface area contributed by atoms with Gasteiger partial charge in [-0.1, -0.05) is 18.2 Å². The SMILES string of the molecule is CN1CCN(C(=O)C=Cc2ccccc2F)CC1. The van der Waals surface area contributed by atoms with Gasteiger partial charge < -0.3 is 9.80 Å². The van der Waals surface area contributed by atoms with Crippen LogP contribution in [0.1, 0.15) is 5.56 Å². The van der Waals surface area contributed by atoms with E-state index in [1.807, 2.05) is 7.05 Å². The molecule has 96 valence electrons. The first kappa shape index (κ1) is 12.8. The van der Waals surface area contributed by atoms with Gasteiger partial charge in [-0.25, -0.2) is 4.39 Å². The van der Waals surface area contributed by atoms with Crippen molar-refractivity contribution >= 4 is 12.0 Å². The van der Waals surface area contributed by atoms with E-state index >= 15 is 0 Å². The molecule has 4 heteroatoms. The van der Waals surface area contributed by atoms with E-state index in [1.165, 1.54) is 18.2 Å². The molecule has 1 aromatic rings. The molecule has 0 aliphatic carbocycles. The Labute approximate surface area is 107 Å². The lowest BCUT2D eigenvalue weighted by Crippen LogP contribution is -2.46. The lowest BCUT2D eigenvalue weighted by atomic mass is 10.2. The molecule has 1 fully saturated rings. The van der Waals surface area contributed by atoms with Crippen LogP contribution in [0.3, 0.4) is 0 Å². The largest absolute Gasteiger partial charge is 0.337 e. The molecule has 3 nitrogen and oxygen atoms in total. The van der Waals surface area contributed by atoms with Crippen LogP contribution >= 0.6 is 0 Å². The zero-order valence-corrected chi connectivity index (χ0v) is 10.5. The maximum absolute atomic E-state index is 13.4. The normalized spacial score (nSPS) is 17.3. The molecule has 1 aliphatic heterocycles. The average molecular weight is 248 g/mol. The average Bonchev–Trinajstić information content (AvgIpc) is 2.38. The van der Waals surface area contributed by atoms with Crippen LogP contribution in [0.2, 0.25) is 0 Å². The summed E-state index contributed by atoms with van der Waals surface area (Å²) < 4.78 is 13.4. The first-order valence-electron chi connectivity index (χ1n) is 6.07. The summed E-state index contributed by atoms with van der Waals surface area (Å²) in [7, 11) is 2.04. The fourth-order valence-electron chi connectivity index (χ4n) is 1.90. The Bertz CT molecular complexity index is 451. The molecular formula is C14H17FN2O. The highest BCUT2D eigenvalue weighted by Gasteiger charge is 2.16. The molecule has 0 unspecified atom stereocenters. The van der Waals surface area contributed by atoms with Crippen LogP contribution in [-0.2, 0) is 4.79 Å². The molecule has 0 radical (unpaired) electrons. The summed E-state index contributed by atoms with van der Waals surface area (Å²) in [6.07, 6.45) is 2.99. The van der Waals surface area contributed by atoms with Crippen LogP contribution in [0.15, 0.2) is 30.3 Å². The number of nitrogens with zero attached hydrogens (tertiary/aromatic N) is 2. The van der Waals surface area contributed by atoms with Crippen LogP contribution in [-0.4, -0.2) is 48.9 Å². The van der Waals surface area contributed by atoms with E-state index in [9.17, 15) is 9.18 Å². The van der Waals surface area contributed by atoms with Gasteiger partial charge in [-0.05, 0) is 19.2 Å². The van der Waals surface area contributed by atoms with Crippen molar-refractivity contribution in [2.75, 3.05) is 33.2 Å². The van der Waals surface area contributed by atoms with Crippen molar-refractivity contribution in [2.45, 2.75) is 0 Å². The van der Waals surface area contributed by atoms with E-state index in [2.05, 4.69) is 4.90 Å². The van der Waals surface area contributed by atoms with E-state index in [0.29, 0.717) is 5.56 Å². The van der Waals surface area contributed by atoms with E-state index in [4.69, 9.17) is 0 Å². The van der Waals surface area contributed by atoms with Gasteiger partial charge in [-0.2, -0.15) is 0 Å². The first-order chi connectivity index (χ1) is 8.66. The molecular weight excluding hydrogens is 231 g/mol. The molecule has 1 saturated heterocycles. The van der Waals surface area contributed by atoms with Crippen LogP contribution < -0.4 is 0 Å². The van der Waals surface area contributed by atoms with E-state index in [-0.39, 0.29) is 11.7 Å². The van der Waals surface area contributed by atoms with Crippen molar-refractivity contribution in [3.8, 4) is 0 Å². The summed E-state index contributed by atoms with van der Waals surface area (Å²) >= 11 is 0. The number of carbonyl (C=O) groups is 1. The Morgan fingerprint density at radius 1 is 1.22 bits per heavy atom. The number of hydrogen-bond acceptors (Lipinski definition) is 2. The molecule has 1 heterocycles. The summed E-state index contributed by atoms with van der Waals surface area (Å²) in [6, 6.07) is 6.43.